The molecule has 2 aromatic heterocycles. The first-order valence-corrected chi connectivity index (χ1v) is 8.29. The molecule has 2 rings (SSSR count). The summed E-state index contributed by atoms with van der Waals surface area (Å²) in [7, 11) is 0. The Morgan fingerprint density at radius 3 is 2.90 bits per heavy atom. The summed E-state index contributed by atoms with van der Waals surface area (Å²) in [5.41, 5.74) is 5.78. The van der Waals surface area contributed by atoms with Gasteiger partial charge in [0.1, 0.15) is 10.6 Å². The van der Waals surface area contributed by atoms with Crippen molar-refractivity contribution in [1.82, 2.24) is 9.97 Å². The molecule has 0 aliphatic carbocycles. The molecule has 0 aliphatic heterocycles. The third-order valence-electron chi connectivity index (χ3n) is 3.02. The van der Waals surface area contributed by atoms with E-state index in [-0.39, 0.29) is 0 Å². The summed E-state index contributed by atoms with van der Waals surface area (Å²) in [5, 5.41) is 4.41. The number of nitrogens with zero attached hydrogens (tertiary/aromatic N) is 2. The Morgan fingerprint density at radius 2 is 2.19 bits per heavy atom. The zero-order chi connectivity index (χ0) is 15.2. The number of hydrogen-bond donors (Lipinski definition) is 2. The van der Waals surface area contributed by atoms with E-state index >= 15 is 0 Å². The van der Waals surface area contributed by atoms with Crippen molar-refractivity contribution in [3.63, 3.8) is 0 Å². The molecule has 6 heteroatoms. The number of anilines is 2. The summed E-state index contributed by atoms with van der Waals surface area (Å²) in [6.07, 6.45) is 1.95. The van der Waals surface area contributed by atoms with Gasteiger partial charge >= 0.3 is 0 Å². The van der Waals surface area contributed by atoms with Gasteiger partial charge in [-0.3, -0.25) is 0 Å². The Balaban J connectivity index is 1.93. The molecule has 0 saturated heterocycles. The van der Waals surface area contributed by atoms with Crippen molar-refractivity contribution in [2.45, 2.75) is 33.6 Å². The minimum Gasteiger partial charge on any atom is -0.381 e. The van der Waals surface area contributed by atoms with Crippen molar-refractivity contribution in [2.75, 3.05) is 30.8 Å². The van der Waals surface area contributed by atoms with E-state index < -0.39 is 0 Å². The van der Waals surface area contributed by atoms with Gasteiger partial charge in [-0.05, 0) is 24.8 Å². The van der Waals surface area contributed by atoms with Crippen molar-refractivity contribution in [3.8, 4) is 0 Å². The van der Waals surface area contributed by atoms with Crippen LogP contribution in [0.25, 0.3) is 10.2 Å². The number of thiophene rings is 1. The predicted octanol–water partition coefficient (Wildman–Crippen LogP) is 3.31. The van der Waals surface area contributed by atoms with E-state index in [1.54, 1.807) is 11.3 Å². The summed E-state index contributed by atoms with van der Waals surface area (Å²) in [6, 6.07) is 2.15. The van der Waals surface area contributed by atoms with Gasteiger partial charge in [0.05, 0.1) is 5.39 Å². The topological polar surface area (TPSA) is 73.1 Å². The maximum Gasteiger partial charge on any atom is 0.223 e. The molecule has 0 bridgehead atoms. The molecule has 0 amide bonds. The standard InChI is InChI=1S/C15H24N4OS/c1-4-11-8-12-13(18-15(16)19-14(12)21-11)17-6-5-7-20-9-10(2)3/h8,10H,4-7,9H2,1-3H3,(H3,16,17,18,19). The first kappa shape index (κ1) is 16.0. The van der Waals surface area contributed by atoms with Gasteiger partial charge in [-0.2, -0.15) is 4.98 Å². The molecule has 0 radical (unpaired) electrons. The number of rotatable bonds is 8. The molecule has 2 heterocycles. The summed E-state index contributed by atoms with van der Waals surface area (Å²) in [5.74, 6) is 1.74. The van der Waals surface area contributed by atoms with Crippen LogP contribution >= 0.6 is 11.3 Å². The van der Waals surface area contributed by atoms with Crippen LogP contribution < -0.4 is 11.1 Å². The number of nitrogens with two attached hydrogens (primary N) is 1. The fraction of sp³-hybridized carbons (Fsp3) is 0.600. The number of fused-ring (bicyclic) bond motifs is 1. The molecule has 0 saturated carbocycles. The highest BCUT2D eigenvalue weighted by Crippen LogP contribution is 2.29. The second-order valence-electron chi connectivity index (χ2n) is 5.46. The van der Waals surface area contributed by atoms with Crippen LogP contribution in [0.1, 0.15) is 32.1 Å². The van der Waals surface area contributed by atoms with Crippen LogP contribution in [-0.2, 0) is 11.2 Å². The summed E-state index contributed by atoms with van der Waals surface area (Å²) >= 11 is 1.68. The largest absolute Gasteiger partial charge is 0.381 e. The highest BCUT2D eigenvalue weighted by molar-refractivity contribution is 7.18. The third kappa shape index (κ3) is 4.54. The number of hydrogen-bond acceptors (Lipinski definition) is 6. The fourth-order valence-electron chi connectivity index (χ4n) is 2.00. The van der Waals surface area contributed by atoms with Gasteiger partial charge in [0, 0.05) is 24.6 Å². The number of aromatic nitrogens is 2. The van der Waals surface area contributed by atoms with E-state index in [0.29, 0.717) is 11.9 Å². The Labute approximate surface area is 129 Å². The lowest BCUT2D eigenvalue weighted by molar-refractivity contribution is 0.110. The highest BCUT2D eigenvalue weighted by atomic mass is 32.1. The van der Waals surface area contributed by atoms with Crippen LogP contribution in [0, 0.1) is 5.92 Å². The maximum atomic E-state index is 5.78. The lowest BCUT2D eigenvalue weighted by Crippen LogP contribution is -2.10. The van der Waals surface area contributed by atoms with E-state index in [2.05, 4.69) is 42.1 Å². The van der Waals surface area contributed by atoms with E-state index in [1.807, 2.05) is 0 Å². The molecular formula is C15H24N4OS. The van der Waals surface area contributed by atoms with Crippen molar-refractivity contribution >= 4 is 33.3 Å². The maximum absolute atomic E-state index is 5.78. The highest BCUT2D eigenvalue weighted by Gasteiger charge is 2.09. The molecular weight excluding hydrogens is 284 g/mol. The van der Waals surface area contributed by atoms with Gasteiger partial charge in [0.25, 0.3) is 0 Å². The van der Waals surface area contributed by atoms with E-state index in [0.717, 1.165) is 48.6 Å². The lowest BCUT2D eigenvalue weighted by Gasteiger charge is -2.09. The SMILES string of the molecule is CCc1cc2c(NCCCOCC(C)C)nc(N)nc2s1. The molecule has 0 atom stereocenters. The third-order valence-corrected chi connectivity index (χ3v) is 4.19. The van der Waals surface area contributed by atoms with Gasteiger partial charge in [-0.15, -0.1) is 11.3 Å². The van der Waals surface area contributed by atoms with Crippen molar-refractivity contribution in [1.29, 1.82) is 0 Å². The van der Waals surface area contributed by atoms with Crippen LogP contribution in [-0.4, -0.2) is 29.7 Å². The molecule has 2 aromatic rings. The minimum absolute atomic E-state index is 0.325. The summed E-state index contributed by atoms with van der Waals surface area (Å²) < 4.78 is 5.57. The van der Waals surface area contributed by atoms with Gasteiger partial charge in [-0.25, -0.2) is 4.98 Å². The van der Waals surface area contributed by atoms with Gasteiger partial charge in [0.2, 0.25) is 5.95 Å². The molecule has 0 fully saturated rings. The predicted molar refractivity (Wildman–Crippen MR) is 90.0 cm³/mol. The molecule has 21 heavy (non-hydrogen) atoms. The zero-order valence-corrected chi connectivity index (χ0v) is 13.8. The van der Waals surface area contributed by atoms with Crippen LogP contribution in [0.5, 0.6) is 0 Å². The van der Waals surface area contributed by atoms with Gasteiger partial charge in [0.15, 0.2) is 0 Å². The normalized spacial score (nSPS) is 11.4. The van der Waals surface area contributed by atoms with Gasteiger partial charge in [-0.1, -0.05) is 20.8 Å². The zero-order valence-electron chi connectivity index (χ0n) is 13.0. The molecule has 0 unspecified atom stereocenters. The smallest absolute Gasteiger partial charge is 0.223 e. The molecule has 116 valence electrons. The van der Waals surface area contributed by atoms with Crippen LogP contribution in [0.4, 0.5) is 11.8 Å². The average Bonchev–Trinajstić information content (AvgIpc) is 2.85. The van der Waals surface area contributed by atoms with Crippen LogP contribution in [0.15, 0.2) is 6.07 Å². The van der Waals surface area contributed by atoms with E-state index in [4.69, 9.17) is 10.5 Å². The second-order valence-corrected chi connectivity index (χ2v) is 6.58. The van der Waals surface area contributed by atoms with E-state index in [9.17, 15) is 0 Å². The summed E-state index contributed by atoms with van der Waals surface area (Å²) in [6.45, 7) is 8.84. The number of aryl methyl sites for hydroxylation is 1. The number of ether oxygens (including phenoxy) is 1. The van der Waals surface area contributed by atoms with Crippen LogP contribution in [0.2, 0.25) is 0 Å². The second kappa shape index (κ2) is 7.56. The number of nitrogen functional groups attached to an aromatic ring is 1. The Kier molecular flexibility index (Phi) is 5.76. The van der Waals surface area contributed by atoms with Crippen molar-refractivity contribution < 1.29 is 4.74 Å². The van der Waals surface area contributed by atoms with Crippen molar-refractivity contribution in [3.05, 3.63) is 10.9 Å². The Morgan fingerprint density at radius 1 is 1.38 bits per heavy atom. The molecule has 0 spiro atoms. The van der Waals surface area contributed by atoms with Crippen LogP contribution in [0.3, 0.4) is 0 Å². The number of nitrogens with one attached hydrogen (secondary N) is 1. The summed E-state index contributed by atoms with van der Waals surface area (Å²) in [4.78, 5) is 10.9. The molecule has 0 aliphatic rings. The Hall–Kier alpha value is -1.40. The average molecular weight is 308 g/mol. The van der Waals surface area contributed by atoms with Gasteiger partial charge < -0.3 is 15.8 Å². The molecule has 3 N–H and O–H groups in total. The monoisotopic (exact) mass is 308 g/mol. The minimum atomic E-state index is 0.325. The molecule has 0 aromatic carbocycles. The van der Waals surface area contributed by atoms with E-state index in [1.165, 1.54) is 4.88 Å². The quantitative estimate of drug-likeness (QED) is 0.732. The first-order chi connectivity index (χ1) is 10.1. The molecule has 5 nitrogen and oxygen atoms in total. The van der Waals surface area contributed by atoms with Crippen molar-refractivity contribution in [2.24, 2.45) is 5.92 Å². The Bertz CT molecular complexity index is 582. The fourth-order valence-corrected chi connectivity index (χ4v) is 2.97. The lowest BCUT2D eigenvalue weighted by atomic mass is 10.2. The first-order valence-electron chi connectivity index (χ1n) is 7.47.